The van der Waals surface area contributed by atoms with Crippen molar-refractivity contribution in [2.45, 2.75) is 25.8 Å². The summed E-state index contributed by atoms with van der Waals surface area (Å²) in [6, 6.07) is 11.4. The molecular formula is C17H16ClFN2O. The van der Waals surface area contributed by atoms with Gasteiger partial charge in [0.05, 0.1) is 0 Å². The summed E-state index contributed by atoms with van der Waals surface area (Å²) < 4.78 is 13.4. The van der Waals surface area contributed by atoms with Gasteiger partial charge in [0, 0.05) is 22.4 Å². The van der Waals surface area contributed by atoms with Crippen LogP contribution in [0.3, 0.4) is 0 Å². The molecule has 0 radical (unpaired) electrons. The van der Waals surface area contributed by atoms with Gasteiger partial charge in [0.15, 0.2) is 0 Å². The van der Waals surface area contributed by atoms with Gasteiger partial charge in [-0.3, -0.25) is 4.90 Å². The van der Waals surface area contributed by atoms with E-state index in [1.165, 1.54) is 12.1 Å². The van der Waals surface area contributed by atoms with Crippen molar-refractivity contribution in [1.29, 1.82) is 0 Å². The fourth-order valence-electron chi connectivity index (χ4n) is 2.78. The number of hydrogen-bond donors (Lipinski definition) is 1. The number of carbonyl (C=O) groups is 1. The highest BCUT2D eigenvalue weighted by Gasteiger charge is 2.28. The van der Waals surface area contributed by atoms with E-state index < -0.39 is 0 Å². The molecule has 0 aliphatic carbocycles. The second-order valence-electron chi connectivity index (χ2n) is 5.47. The number of fused-ring (bicyclic) bond motifs is 1. The Hall–Kier alpha value is -2.07. The minimum absolute atomic E-state index is 0.0529. The number of rotatable bonds is 1. The molecule has 1 aliphatic heterocycles. The Morgan fingerprint density at radius 3 is 2.91 bits per heavy atom. The van der Waals surface area contributed by atoms with Crippen LogP contribution >= 0.6 is 11.6 Å². The molecule has 0 saturated heterocycles. The lowest BCUT2D eigenvalue weighted by Gasteiger charge is -2.35. The molecule has 22 heavy (non-hydrogen) atoms. The number of halogens is 2. The number of aryl methyl sites for hydroxylation is 1. The number of nitrogens with zero attached hydrogens (tertiary/aromatic N) is 1. The molecule has 0 unspecified atom stereocenters. The zero-order valence-electron chi connectivity index (χ0n) is 12.1. The van der Waals surface area contributed by atoms with Crippen LogP contribution in [0.4, 0.5) is 20.6 Å². The van der Waals surface area contributed by atoms with Gasteiger partial charge in [-0.25, -0.2) is 9.18 Å². The Labute approximate surface area is 133 Å². The maximum atomic E-state index is 13.4. The molecule has 114 valence electrons. The maximum absolute atomic E-state index is 13.4. The number of carbonyl (C=O) groups excluding carboxylic acids is 1. The van der Waals surface area contributed by atoms with Crippen LogP contribution in [0.25, 0.3) is 0 Å². The minimum Gasteiger partial charge on any atom is -0.307 e. The lowest BCUT2D eigenvalue weighted by atomic mass is 9.97. The molecule has 0 spiro atoms. The van der Waals surface area contributed by atoms with E-state index in [2.05, 4.69) is 5.32 Å². The average molecular weight is 319 g/mol. The Morgan fingerprint density at radius 1 is 1.32 bits per heavy atom. The molecule has 3 nitrogen and oxygen atoms in total. The zero-order valence-corrected chi connectivity index (χ0v) is 12.9. The van der Waals surface area contributed by atoms with Gasteiger partial charge in [-0.1, -0.05) is 17.7 Å². The van der Waals surface area contributed by atoms with Crippen molar-refractivity contribution >= 4 is 29.0 Å². The number of nitrogens with one attached hydrogen (secondary N) is 1. The highest BCUT2D eigenvalue weighted by Crippen LogP contribution is 2.32. The second kappa shape index (κ2) is 5.97. The van der Waals surface area contributed by atoms with Gasteiger partial charge in [0.1, 0.15) is 5.82 Å². The first-order valence-electron chi connectivity index (χ1n) is 7.19. The summed E-state index contributed by atoms with van der Waals surface area (Å²) in [5, 5.41) is 3.41. The van der Waals surface area contributed by atoms with Crippen LogP contribution in [0, 0.1) is 5.82 Å². The molecule has 2 aromatic carbocycles. The van der Waals surface area contributed by atoms with E-state index in [0.29, 0.717) is 10.7 Å². The number of anilines is 2. The summed E-state index contributed by atoms with van der Waals surface area (Å²) in [6.07, 6.45) is 1.58. The lowest BCUT2D eigenvalue weighted by Crippen LogP contribution is -2.44. The molecule has 0 aromatic heterocycles. The highest BCUT2D eigenvalue weighted by molar-refractivity contribution is 6.30. The quantitative estimate of drug-likeness (QED) is 0.800. The third kappa shape index (κ3) is 2.92. The van der Waals surface area contributed by atoms with Gasteiger partial charge in [-0.15, -0.1) is 0 Å². The SMILES string of the molecule is C[C@H]1CCc2cc(F)ccc2N1C(=O)Nc1cccc(Cl)c1. The number of hydrogen-bond acceptors (Lipinski definition) is 1. The lowest BCUT2D eigenvalue weighted by molar-refractivity contribution is 0.254. The number of urea groups is 1. The van der Waals surface area contributed by atoms with Crippen LogP contribution in [0.5, 0.6) is 0 Å². The van der Waals surface area contributed by atoms with Gasteiger partial charge in [-0.05, 0) is 61.7 Å². The van der Waals surface area contributed by atoms with Crippen molar-refractivity contribution in [1.82, 2.24) is 0 Å². The van der Waals surface area contributed by atoms with E-state index in [9.17, 15) is 9.18 Å². The number of amides is 2. The summed E-state index contributed by atoms with van der Waals surface area (Å²) >= 11 is 5.93. The van der Waals surface area contributed by atoms with Gasteiger partial charge >= 0.3 is 6.03 Å². The molecule has 0 bridgehead atoms. The van der Waals surface area contributed by atoms with Gasteiger partial charge in [0.2, 0.25) is 0 Å². The van der Waals surface area contributed by atoms with Crippen molar-refractivity contribution in [2.24, 2.45) is 0 Å². The van der Waals surface area contributed by atoms with Crippen molar-refractivity contribution in [2.75, 3.05) is 10.2 Å². The first-order valence-corrected chi connectivity index (χ1v) is 7.56. The monoisotopic (exact) mass is 318 g/mol. The Bertz CT molecular complexity index is 720. The van der Waals surface area contributed by atoms with Gasteiger partial charge < -0.3 is 5.32 Å². The van der Waals surface area contributed by atoms with E-state index >= 15 is 0 Å². The van der Waals surface area contributed by atoms with Crippen molar-refractivity contribution < 1.29 is 9.18 Å². The van der Waals surface area contributed by atoms with E-state index in [1.807, 2.05) is 6.92 Å². The largest absolute Gasteiger partial charge is 0.326 e. The van der Waals surface area contributed by atoms with Gasteiger partial charge in [-0.2, -0.15) is 0 Å². The van der Waals surface area contributed by atoms with Crippen molar-refractivity contribution in [3.05, 3.63) is 58.9 Å². The van der Waals surface area contributed by atoms with E-state index in [4.69, 9.17) is 11.6 Å². The van der Waals surface area contributed by atoms with E-state index in [1.54, 1.807) is 35.2 Å². The van der Waals surface area contributed by atoms with Crippen LogP contribution in [-0.2, 0) is 6.42 Å². The first-order chi connectivity index (χ1) is 10.5. The van der Waals surface area contributed by atoms with E-state index in [0.717, 1.165) is 24.1 Å². The topological polar surface area (TPSA) is 32.3 Å². The Kier molecular flexibility index (Phi) is 4.03. The molecule has 2 amide bonds. The predicted molar refractivity (Wildman–Crippen MR) is 87.1 cm³/mol. The fraction of sp³-hybridized carbons (Fsp3) is 0.235. The molecule has 2 aromatic rings. The smallest absolute Gasteiger partial charge is 0.307 e. The molecule has 1 aliphatic rings. The Morgan fingerprint density at radius 2 is 2.14 bits per heavy atom. The summed E-state index contributed by atoms with van der Waals surface area (Å²) in [6.45, 7) is 1.99. The van der Waals surface area contributed by atoms with Crippen molar-refractivity contribution in [3.63, 3.8) is 0 Å². The maximum Gasteiger partial charge on any atom is 0.326 e. The summed E-state index contributed by atoms with van der Waals surface area (Å²) in [4.78, 5) is 14.3. The van der Waals surface area contributed by atoms with Crippen LogP contribution in [0.15, 0.2) is 42.5 Å². The molecular weight excluding hydrogens is 303 g/mol. The zero-order chi connectivity index (χ0) is 15.7. The molecule has 5 heteroatoms. The van der Waals surface area contributed by atoms with Crippen LogP contribution in [0.1, 0.15) is 18.9 Å². The summed E-state index contributed by atoms with van der Waals surface area (Å²) in [5.74, 6) is -0.275. The van der Waals surface area contributed by atoms with E-state index in [-0.39, 0.29) is 17.9 Å². The third-order valence-corrected chi connectivity index (χ3v) is 4.10. The number of benzene rings is 2. The predicted octanol–water partition coefficient (Wildman–Crippen LogP) is 4.85. The van der Waals surface area contributed by atoms with Crippen LogP contribution in [-0.4, -0.2) is 12.1 Å². The van der Waals surface area contributed by atoms with Gasteiger partial charge in [0.25, 0.3) is 0 Å². The molecule has 0 saturated carbocycles. The molecule has 1 N–H and O–H groups in total. The Balaban J connectivity index is 1.89. The minimum atomic E-state index is -0.275. The molecule has 1 atom stereocenters. The second-order valence-corrected chi connectivity index (χ2v) is 5.91. The normalized spacial score (nSPS) is 17.0. The first kappa shape index (κ1) is 14.9. The molecule has 3 rings (SSSR count). The summed E-state index contributed by atoms with van der Waals surface area (Å²) in [5.41, 5.74) is 2.26. The standard InChI is InChI=1S/C17H16ClFN2O/c1-11-5-6-12-9-14(19)7-8-16(12)21(11)17(22)20-15-4-2-3-13(18)10-15/h2-4,7-11H,5-6H2,1H3,(H,20,22)/t11-/m0/s1. The van der Waals surface area contributed by atoms with Crippen LogP contribution < -0.4 is 10.2 Å². The van der Waals surface area contributed by atoms with Crippen molar-refractivity contribution in [3.8, 4) is 0 Å². The fourth-order valence-corrected chi connectivity index (χ4v) is 2.97. The van der Waals surface area contributed by atoms with Crippen LogP contribution in [0.2, 0.25) is 5.02 Å². The summed E-state index contributed by atoms with van der Waals surface area (Å²) in [7, 11) is 0. The molecule has 1 heterocycles. The third-order valence-electron chi connectivity index (χ3n) is 3.87. The average Bonchev–Trinajstić information content (AvgIpc) is 2.47. The highest BCUT2D eigenvalue weighted by atomic mass is 35.5. The molecule has 0 fully saturated rings.